The van der Waals surface area contributed by atoms with Crippen LogP contribution in [0.5, 0.6) is 0 Å². The molecule has 6 nitrogen and oxygen atoms in total. The lowest BCUT2D eigenvalue weighted by atomic mass is 9.90. The summed E-state index contributed by atoms with van der Waals surface area (Å²) < 4.78 is 41.8. The monoisotopic (exact) mass is 496 g/mol. The molecule has 1 aliphatic rings. The molecule has 8 heteroatoms. The van der Waals surface area contributed by atoms with Crippen LogP contribution in [0.2, 0.25) is 0 Å². The number of aliphatic carboxylic acids is 1. The van der Waals surface area contributed by atoms with Gasteiger partial charge >= 0.3 is 5.97 Å². The first-order valence-corrected chi connectivity index (χ1v) is 13.1. The van der Waals surface area contributed by atoms with E-state index in [1.165, 1.54) is 13.0 Å². The molecule has 35 heavy (non-hydrogen) atoms. The average Bonchev–Trinajstić information content (AvgIpc) is 2.85. The van der Waals surface area contributed by atoms with E-state index in [9.17, 15) is 22.7 Å². The number of likely N-dealkylation sites (tertiary alicyclic amines) is 1. The molecule has 0 spiro atoms. The smallest absolute Gasteiger partial charge is 0.322 e. The van der Waals surface area contributed by atoms with Crippen molar-refractivity contribution in [2.75, 3.05) is 13.1 Å². The Morgan fingerprint density at radius 2 is 1.83 bits per heavy atom. The molecule has 0 saturated carbocycles. The van der Waals surface area contributed by atoms with Gasteiger partial charge in [0.1, 0.15) is 11.9 Å². The van der Waals surface area contributed by atoms with E-state index in [0.29, 0.717) is 19.5 Å². The van der Waals surface area contributed by atoms with Crippen molar-refractivity contribution in [1.82, 2.24) is 9.62 Å². The topological polar surface area (TPSA) is 86.7 Å². The van der Waals surface area contributed by atoms with E-state index in [-0.39, 0.29) is 10.5 Å². The molecule has 1 fully saturated rings. The molecule has 2 atom stereocenters. The summed E-state index contributed by atoms with van der Waals surface area (Å²) in [5, 5.41) is 9.90. The third-order valence-corrected chi connectivity index (χ3v) is 7.94. The van der Waals surface area contributed by atoms with Crippen molar-refractivity contribution >= 4 is 16.0 Å². The fraction of sp³-hybridized carbons (Fsp3) is 0.296. The minimum absolute atomic E-state index is 0.146. The van der Waals surface area contributed by atoms with E-state index in [1.807, 2.05) is 30.3 Å². The highest BCUT2D eigenvalue weighted by Gasteiger charge is 2.35. The van der Waals surface area contributed by atoms with Gasteiger partial charge in [-0.2, -0.15) is 4.72 Å². The van der Waals surface area contributed by atoms with Crippen molar-refractivity contribution in [3.8, 4) is 11.1 Å². The van der Waals surface area contributed by atoms with Crippen molar-refractivity contribution in [2.45, 2.75) is 37.2 Å². The average molecular weight is 497 g/mol. The summed E-state index contributed by atoms with van der Waals surface area (Å²) in [7, 11) is -4.13. The van der Waals surface area contributed by atoms with Crippen LogP contribution in [0.4, 0.5) is 4.39 Å². The Morgan fingerprint density at radius 1 is 1.11 bits per heavy atom. The number of carboxylic acids is 1. The number of sulfonamides is 1. The van der Waals surface area contributed by atoms with Crippen molar-refractivity contribution in [2.24, 2.45) is 5.92 Å². The molecule has 4 rings (SSSR count). The Kier molecular flexibility index (Phi) is 7.64. The van der Waals surface area contributed by atoms with Crippen LogP contribution in [-0.4, -0.2) is 43.5 Å². The molecule has 1 saturated heterocycles. The van der Waals surface area contributed by atoms with Crippen molar-refractivity contribution < 1.29 is 22.7 Å². The number of rotatable bonds is 8. The van der Waals surface area contributed by atoms with Crippen LogP contribution in [0, 0.1) is 18.7 Å². The lowest BCUT2D eigenvalue weighted by Gasteiger charge is -2.36. The van der Waals surface area contributed by atoms with E-state index >= 15 is 0 Å². The number of aryl methyl sites for hydroxylation is 1. The zero-order chi connectivity index (χ0) is 25.0. The van der Waals surface area contributed by atoms with Crippen molar-refractivity contribution in [3.05, 3.63) is 89.7 Å². The van der Waals surface area contributed by atoms with Gasteiger partial charge in [-0.05, 0) is 72.7 Å². The maximum absolute atomic E-state index is 13.6. The van der Waals surface area contributed by atoms with Gasteiger partial charge in [0.25, 0.3) is 0 Å². The van der Waals surface area contributed by atoms with Gasteiger partial charge in [-0.1, -0.05) is 54.6 Å². The minimum atomic E-state index is -4.13. The van der Waals surface area contributed by atoms with E-state index in [0.717, 1.165) is 41.8 Å². The second-order valence-corrected chi connectivity index (χ2v) is 10.7. The first-order chi connectivity index (χ1) is 16.7. The Bertz CT molecular complexity index is 1300. The number of piperidine rings is 1. The third-order valence-electron chi connectivity index (χ3n) is 6.50. The maximum atomic E-state index is 13.6. The quantitative estimate of drug-likeness (QED) is 0.481. The molecular formula is C27H29FN2O4S. The third kappa shape index (κ3) is 5.96. The van der Waals surface area contributed by atoms with E-state index < -0.39 is 33.8 Å². The van der Waals surface area contributed by atoms with Gasteiger partial charge in [-0.15, -0.1) is 0 Å². The van der Waals surface area contributed by atoms with Crippen molar-refractivity contribution in [1.29, 1.82) is 0 Å². The predicted molar refractivity (Wildman–Crippen MR) is 133 cm³/mol. The molecular weight excluding hydrogens is 467 g/mol. The lowest BCUT2D eigenvalue weighted by molar-refractivity contribution is -0.141. The number of hydrogen-bond acceptors (Lipinski definition) is 4. The minimum Gasteiger partial charge on any atom is -0.480 e. The summed E-state index contributed by atoms with van der Waals surface area (Å²) in [5.41, 5.74) is 3.55. The van der Waals surface area contributed by atoms with E-state index in [1.54, 1.807) is 0 Å². The van der Waals surface area contributed by atoms with Crippen LogP contribution in [0.25, 0.3) is 11.1 Å². The van der Waals surface area contributed by atoms with Gasteiger partial charge in [-0.3, -0.25) is 9.69 Å². The maximum Gasteiger partial charge on any atom is 0.322 e. The van der Waals surface area contributed by atoms with Crippen LogP contribution >= 0.6 is 0 Å². The molecule has 2 unspecified atom stereocenters. The SMILES string of the molecule is Cc1cc(S(=O)(=O)NC(C(=O)O)C2CCCN(Cc3ccccc3-c3ccccc3)C2)ccc1F. The number of carboxylic acid groups (broad SMARTS) is 1. The van der Waals surface area contributed by atoms with Crippen LogP contribution in [0.3, 0.4) is 0 Å². The van der Waals surface area contributed by atoms with Gasteiger partial charge < -0.3 is 5.11 Å². The normalized spacial score (nSPS) is 17.7. The summed E-state index contributed by atoms with van der Waals surface area (Å²) in [6, 6.07) is 20.4. The molecule has 184 valence electrons. The first-order valence-electron chi connectivity index (χ1n) is 11.6. The Balaban J connectivity index is 1.51. The van der Waals surface area contributed by atoms with Gasteiger partial charge in [0.15, 0.2) is 0 Å². The standard InChI is InChI=1S/C27H29FN2O4S/c1-19-16-23(13-14-25(19)28)35(33,34)29-26(27(31)32)22-11-7-15-30(18-22)17-21-10-5-6-12-24(21)20-8-3-2-4-9-20/h2-6,8-10,12-14,16,22,26,29H,7,11,15,17-18H2,1H3,(H,31,32). The molecule has 0 aliphatic carbocycles. The van der Waals surface area contributed by atoms with E-state index in [4.69, 9.17) is 0 Å². The summed E-state index contributed by atoms with van der Waals surface area (Å²) in [5.74, 6) is -2.14. The molecule has 0 radical (unpaired) electrons. The fourth-order valence-corrected chi connectivity index (χ4v) is 6.02. The van der Waals surface area contributed by atoms with Gasteiger partial charge in [0.05, 0.1) is 4.90 Å². The zero-order valence-electron chi connectivity index (χ0n) is 19.5. The molecule has 2 N–H and O–H groups in total. The Hall–Kier alpha value is -3.07. The fourth-order valence-electron chi connectivity index (χ4n) is 4.67. The molecule has 0 bridgehead atoms. The predicted octanol–water partition coefficient (Wildman–Crippen LogP) is 4.44. The van der Waals surface area contributed by atoms with Crippen molar-refractivity contribution in [3.63, 3.8) is 0 Å². The van der Waals surface area contributed by atoms with Gasteiger partial charge in [0, 0.05) is 13.1 Å². The molecule has 1 heterocycles. The molecule has 3 aromatic carbocycles. The number of carbonyl (C=O) groups is 1. The Morgan fingerprint density at radius 3 is 2.54 bits per heavy atom. The number of halogens is 1. The molecule has 1 aliphatic heterocycles. The van der Waals surface area contributed by atoms with Crippen LogP contribution in [-0.2, 0) is 21.4 Å². The second kappa shape index (κ2) is 10.7. The highest BCUT2D eigenvalue weighted by Crippen LogP contribution is 2.28. The van der Waals surface area contributed by atoms with Gasteiger partial charge in [0.2, 0.25) is 10.0 Å². The number of benzene rings is 3. The highest BCUT2D eigenvalue weighted by atomic mass is 32.2. The summed E-state index contributed by atoms with van der Waals surface area (Å²) in [4.78, 5) is 14.2. The summed E-state index contributed by atoms with van der Waals surface area (Å²) >= 11 is 0. The number of hydrogen-bond donors (Lipinski definition) is 2. The molecule has 0 aromatic heterocycles. The van der Waals surface area contributed by atoms with Crippen LogP contribution in [0.1, 0.15) is 24.0 Å². The summed E-state index contributed by atoms with van der Waals surface area (Å²) in [6.45, 7) is 3.36. The lowest BCUT2D eigenvalue weighted by Crippen LogP contribution is -2.51. The Labute approximate surface area is 205 Å². The molecule has 3 aromatic rings. The summed E-state index contributed by atoms with van der Waals surface area (Å²) in [6.07, 6.45) is 1.36. The molecule has 0 amide bonds. The first kappa shape index (κ1) is 25.0. The second-order valence-electron chi connectivity index (χ2n) is 9.01. The van der Waals surface area contributed by atoms with E-state index in [2.05, 4.69) is 33.9 Å². The van der Waals surface area contributed by atoms with Crippen LogP contribution in [0.15, 0.2) is 77.7 Å². The highest BCUT2D eigenvalue weighted by molar-refractivity contribution is 7.89. The van der Waals surface area contributed by atoms with Crippen LogP contribution < -0.4 is 4.72 Å². The van der Waals surface area contributed by atoms with Gasteiger partial charge in [-0.25, -0.2) is 12.8 Å². The largest absolute Gasteiger partial charge is 0.480 e. The zero-order valence-corrected chi connectivity index (χ0v) is 20.3. The number of nitrogens with zero attached hydrogens (tertiary/aromatic N) is 1. The number of nitrogens with one attached hydrogen (secondary N) is 1.